The molecule has 0 aliphatic heterocycles. The Bertz CT molecular complexity index is 278. The second kappa shape index (κ2) is 9.78. The highest BCUT2D eigenvalue weighted by atomic mass is 16.2. The molecule has 0 atom stereocenters. The van der Waals surface area contributed by atoms with Gasteiger partial charge in [0.05, 0.1) is 0 Å². The molecular formula is C14H29N3O2. The normalized spacial score (nSPS) is 10.9. The molecule has 0 fully saturated rings. The molecule has 0 aliphatic carbocycles. The molecule has 0 radical (unpaired) electrons. The van der Waals surface area contributed by atoms with Crippen molar-refractivity contribution in [2.75, 3.05) is 40.3 Å². The average Bonchev–Trinajstić information content (AvgIpc) is 2.29. The van der Waals surface area contributed by atoms with Gasteiger partial charge in [0.15, 0.2) is 0 Å². The second-order valence-electron chi connectivity index (χ2n) is 5.62. The Morgan fingerprint density at radius 1 is 1.16 bits per heavy atom. The minimum atomic E-state index is 0.0220. The van der Waals surface area contributed by atoms with Gasteiger partial charge in [-0.25, -0.2) is 0 Å². The largest absolute Gasteiger partial charge is 0.356 e. The number of rotatable bonds is 9. The summed E-state index contributed by atoms with van der Waals surface area (Å²) in [4.78, 5) is 26.9. The summed E-state index contributed by atoms with van der Waals surface area (Å²) >= 11 is 0. The fourth-order valence-electron chi connectivity index (χ4n) is 1.77. The summed E-state index contributed by atoms with van der Waals surface area (Å²) < 4.78 is 0. The van der Waals surface area contributed by atoms with Gasteiger partial charge < -0.3 is 15.1 Å². The van der Waals surface area contributed by atoms with Gasteiger partial charge >= 0.3 is 0 Å². The van der Waals surface area contributed by atoms with Crippen LogP contribution in [0, 0.1) is 5.92 Å². The van der Waals surface area contributed by atoms with Gasteiger partial charge in [-0.15, -0.1) is 0 Å². The van der Waals surface area contributed by atoms with Crippen molar-refractivity contribution in [3.63, 3.8) is 0 Å². The van der Waals surface area contributed by atoms with Crippen molar-refractivity contribution in [1.82, 2.24) is 15.1 Å². The van der Waals surface area contributed by atoms with Crippen molar-refractivity contribution in [2.24, 2.45) is 5.92 Å². The highest BCUT2D eigenvalue weighted by Crippen LogP contribution is 2.00. The summed E-state index contributed by atoms with van der Waals surface area (Å²) in [7, 11) is 4.02. The molecule has 0 aromatic carbocycles. The third-order valence-electron chi connectivity index (χ3n) is 2.74. The smallest absolute Gasteiger partial charge is 0.221 e. The van der Waals surface area contributed by atoms with Crippen molar-refractivity contribution in [1.29, 1.82) is 0 Å². The Balaban J connectivity index is 3.83. The first-order valence-electron chi connectivity index (χ1n) is 7.00. The minimum absolute atomic E-state index is 0.0220. The first-order valence-corrected chi connectivity index (χ1v) is 7.00. The van der Waals surface area contributed by atoms with Gasteiger partial charge in [0.2, 0.25) is 11.8 Å². The molecule has 0 heterocycles. The van der Waals surface area contributed by atoms with Gasteiger partial charge in [0.25, 0.3) is 0 Å². The van der Waals surface area contributed by atoms with Crippen molar-refractivity contribution in [3.05, 3.63) is 0 Å². The molecule has 0 aromatic rings. The average molecular weight is 271 g/mol. The van der Waals surface area contributed by atoms with E-state index in [1.165, 1.54) is 0 Å². The summed E-state index contributed by atoms with van der Waals surface area (Å²) in [5.41, 5.74) is 0. The van der Waals surface area contributed by atoms with E-state index in [1.807, 2.05) is 14.1 Å². The monoisotopic (exact) mass is 271 g/mol. The maximum Gasteiger partial charge on any atom is 0.221 e. The van der Waals surface area contributed by atoms with Crippen molar-refractivity contribution >= 4 is 11.8 Å². The zero-order chi connectivity index (χ0) is 14.8. The predicted octanol–water partition coefficient (Wildman–Crippen LogP) is 0.949. The number of amides is 2. The van der Waals surface area contributed by atoms with E-state index >= 15 is 0 Å². The summed E-state index contributed by atoms with van der Waals surface area (Å²) in [5.74, 6) is 0.481. The lowest BCUT2D eigenvalue weighted by molar-refractivity contribution is -0.130. The number of nitrogens with one attached hydrogen (secondary N) is 1. The number of carbonyl (C=O) groups excluding carboxylic acids is 2. The Kier molecular flexibility index (Phi) is 9.21. The minimum Gasteiger partial charge on any atom is -0.356 e. The topological polar surface area (TPSA) is 52.7 Å². The SMILES string of the molecule is CC(=O)N(CCC(=O)NCCCN(C)C)CC(C)C. The van der Waals surface area contributed by atoms with Crippen LogP contribution in [0.5, 0.6) is 0 Å². The van der Waals surface area contributed by atoms with Gasteiger partial charge in [-0.3, -0.25) is 9.59 Å². The van der Waals surface area contributed by atoms with Crippen LogP contribution in [0.3, 0.4) is 0 Å². The Morgan fingerprint density at radius 2 is 1.79 bits per heavy atom. The van der Waals surface area contributed by atoms with Gasteiger partial charge in [-0.05, 0) is 33.0 Å². The fourth-order valence-corrected chi connectivity index (χ4v) is 1.77. The second-order valence-corrected chi connectivity index (χ2v) is 5.62. The number of carbonyl (C=O) groups is 2. The molecule has 19 heavy (non-hydrogen) atoms. The van der Waals surface area contributed by atoms with Gasteiger partial charge in [0, 0.05) is 33.0 Å². The Morgan fingerprint density at radius 3 is 2.26 bits per heavy atom. The Labute approximate surface area is 117 Å². The molecule has 2 amide bonds. The van der Waals surface area contributed by atoms with Crippen LogP contribution in [-0.2, 0) is 9.59 Å². The molecule has 5 heteroatoms. The van der Waals surface area contributed by atoms with E-state index in [0.29, 0.717) is 32.0 Å². The third kappa shape index (κ3) is 10.5. The van der Waals surface area contributed by atoms with E-state index in [-0.39, 0.29) is 11.8 Å². The molecule has 0 aromatic heterocycles. The van der Waals surface area contributed by atoms with Crippen LogP contribution < -0.4 is 5.32 Å². The summed E-state index contributed by atoms with van der Waals surface area (Å²) in [6, 6.07) is 0. The maximum atomic E-state index is 11.6. The van der Waals surface area contributed by atoms with Gasteiger partial charge in [-0.2, -0.15) is 0 Å². The van der Waals surface area contributed by atoms with Gasteiger partial charge in [0.1, 0.15) is 0 Å². The zero-order valence-corrected chi connectivity index (χ0v) is 13.0. The quantitative estimate of drug-likeness (QED) is 0.635. The predicted molar refractivity (Wildman–Crippen MR) is 77.9 cm³/mol. The molecule has 0 spiro atoms. The van der Waals surface area contributed by atoms with Crippen LogP contribution in [0.1, 0.15) is 33.6 Å². The first kappa shape index (κ1) is 17.9. The summed E-state index contributed by atoms with van der Waals surface area (Å²) in [5, 5.41) is 2.88. The van der Waals surface area contributed by atoms with Crippen LogP contribution >= 0.6 is 0 Å². The number of hydrogen-bond acceptors (Lipinski definition) is 3. The molecule has 0 aliphatic rings. The van der Waals surface area contributed by atoms with E-state index in [9.17, 15) is 9.59 Å². The molecular weight excluding hydrogens is 242 g/mol. The van der Waals surface area contributed by atoms with Gasteiger partial charge in [-0.1, -0.05) is 13.8 Å². The van der Waals surface area contributed by atoms with Crippen molar-refractivity contribution in [2.45, 2.75) is 33.6 Å². The molecule has 0 saturated carbocycles. The lowest BCUT2D eigenvalue weighted by atomic mass is 10.2. The molecule has 0 unspecified atom stereocenters. The van der Waals surface area contributed by atoms with E-state index < -0.39 is 0 Å². The van der Waals surface area contributed by atoms with Crippen LogP contribution in [0.2, 0.25) is 0 Å². The van der Waals surface area contributed by atoms with E-state index in [1.54, 1.807) is 11.8 Å². The van der Waals surface area contributed by atoms with Crippen LogP contribution in [-0.4, -0.2) is 61.9 Å². The van der Waals surface area contributed by atoms with Crippen molar-refractivity contribution in [3.8, 4) is 0 Å². The van der Waals surface area contributed by atoms with E-state index in [4.69, 9.17) is 0 Å². The molecule has 112 valence electrons. The van der Waals surface area contributed by atoms with E-state index in [2.05, 4.69) is 24.1 Å². The third-order valence-corrected chi connectivity index (χ3v) is 2.74. The molecule has 5 nitrogen and oxygen atoms in total. The molecule has 0 rings (SSSR count). The highest BCUT2D eigenvalue weighted by Gasteiger charge is 2.12. The molecule has 1 N–H and O–H groups in total. The highest BCUT2D eigenvalue weighted by molar-refractivity contribution is 5.77. The fraction of sp³-hybridized carbons (Fsp3) is 0.857. The lowest BCUT2D eigenvalue weighted by Gasteiger charge is -2.22. The maximum absolute atomic E-state index is 11.6. The van der Waals surface area contributed by atoms with E-state index in [0.717, 1.165) is 13.0 Å². The number of hydrogen-bond donors (Lipinski definition) is 1. The number of nitrogens with zero attached hydrogens (tertiary/aromatic N) is 2. The first-order chi connectivity index (χ1) is 8.82. The van der Waals surface area contributed by atoms with Crippen LogP contribution in [0.15, 0.2) is 0 Å². The Hall–Kier alpha value is -1.10. The van der Waals surface area contributed by atoms with Crippen molar-refractivity contribution < 1.29 is 9.59 Å². The van der Waals surface area contributed by atoms with Crippen LogP contribution in [0.4, 0.5) is 0 Å². The zero-order valence-electron chi connectivity index (χ0n) is 13.0. The summed E-state index contributed by atoms with van der Waals surface area (Å²) in [6.07, 6.45) is 1.33. The molecule has 0 saturated heterocycles. The van der Waals surface area contributed by atoms with Crippen LogP contribution in [0.25, 0.3) is 0 Å². The summed E-state index contributed by atoms with van der Waals surface area (Å²) in [6.45, 7) is 8.57. The standard InChI is InChI=1S/C14H29N3O2/c1-12(2)11-17(13(3)18)10-7-14(19)15-8-6-9-16(4)5/h12H,6-11H2,1-5H3,(H,15,19). The molecule has 0 bridgehead atoms. The lowest BCUT2D eigenvalue weighted by Crippen LogP contribution is -2.36.